The SMILES string of the molecule is CCCCN(CCCC)CCCC.Cc1cn([C@H]2CC(O)[C@@H](COP(=O)(O)OP(=O)(O)O)O2)c(=O)[nH]c1=O. The Hall–Kier alpha value is -1.18. The van der Waals surface area contributed by atoms with Crippen molar-refractivity contribution in [3.05, 3.63) is 32.6 Å². The van der Waals surface area contributed by atoms with Crippen LogP contribution in [0.2, 0.25) is 0 Å². The van der Waals surface area contributed by atoms with Crippen LogP contribution in [0.15, 0.2) is 15.8 Å². The van der Waals surface area contributed by atoms with E-state index >= 15 is 0 Å². The highest BCUT2D eigenvalue weighted by Crippen LogP contribution is 2.57. The van der Waals surface area contributed by atoms with E-state index in [1.807, 2.05) is 0 Å². The first-order chi connectivity index (χ1) is 17.7. The molecule has 2 rings (SSSR count). The molecule has 0 amide bonds. The minimum absolute atomic E-state index is 0.0888. The Morgan fingerprint density at radius 2 is 1.58 bits per heavy atom. The summed E-state index contributed by atoms with van der Waals surface area (Å²) < 4.78 is 36.3. The third kappa shape index (κ3) is 13.3. The lowest BCUT2D eigenvalue weighted by Crippen LogP contribution is -2.33. The maximum absolute atomic E-state index is 11.8. The molecule has 4 atom stereocenters. The van der Waals surface area contributed by atoms with Crippen molar-refractivity contribution in [2.75, 3.05) is 26.2 Å². The molecule has 38 heavy (non-hydrogen) atoms. The number of rotatable bonds is 15. The van der Waals surface area contributed by atoms with Crippen LogP contribution < -0.4 is 11.2 Å². The molecule has 0 radical (unpaired) electrons. The number of H-pyrrole nitrogens is 1. The predicted molar refractivity (Wildman–Crippen MR) is 141 cm³/mol. The monoisotopic (exact) mass is 587 g/mol. The Kier molecular flexibility index (Phi) is 15.4. The lowest BCUT2D eigenvalue weighted by molar-refractivity contribution is -0.0450. The third-order valence-electron chi connectivity index (χ3n) is 5.76. The van der Waals surface area contributed by atoms with Crippen molar-refractivity contribution in [3.63, 3.8) is 0 Å². The van der Waals surface area contributed by atoms with Gasteiger partial charge in [0.25, 0.3) is 5.56 Å². The highest BCUT2D eigenvalue weighted by atomic mass is 31.3. The molecule has 222 valence electrons. The fraction of sp³-hybridized carbons (Fsp3) is 0.818. The molecule has 0 bridgehead atoms. The Bertz CT molecular complexity index is 1020. The molecule has 2 unspecified atom stereocenters. The van der Waals surface area contributed by atoms with Crippen LogP contribution in [-0.4, -0.2) is 72.7 Å². The first kappa shape index (κ1) is 34.8. The van der Waals surface area contributed by atoms with Crippen molar-refractivity contribution in [1.29, 1.82) is 0 Å². The minimum Gasteiger partial charge on any atom is -0.390 e. The van der Waals surface area contributed by atoms with Gasteiger partial charge in [-0.05, 0) is 45.8 Å². The summed E-state index contributed by atoms with van der Waals surface area (Å²) in [4.78, 5) is 54.0. The van der Waals surface area contributed by atoms with Crippen LogP contribution in [0.1, 0.15) is 77.5 Å². The Balaban J connectivity index is 0.000000471. The third-order valence-corrected chi connectivity index (χ3v) is 7.91. The molecule has 14 nitrogen and oxygen atoms in total. The number of nitrogens with one attached hydrogen (secondary N) is 1. The fourth-order valence-corrected chi connectivity index (χ4v) is 5.24. The Morgan fingerprint density at radius 3 is 2.05 bits per heavy atom. The van der Waals surface area contributed by atoms with E-state index in [1.54, 1.807) is 0 Å². The van der Waals surface area contributed by atoms with E-state index in [4.69, 9.17) is 14.5 Å². The number of nitrogens with zero attached hydrogens (tertiary/aromatic N) is 2. The molecule has 5 N–H and O–H groups in total. The van der Waals surface area contributed by atoms with E-state index in [0.717, 1.165) is 4.57 Å². The summed E-state index contributed by atoms with van der Waals surface area (Å²) in [5, 5.41) is 9.91. The lowest BCUT2D eigenvalue weighted by atomic mass is 10.2. The number of hydrogen-bond donors (Lipinski definition) is 5. The van der Waals surface area contributed by atoms with Crippen LogP contribution in [0.25, 0.3) is 0 Å². The van der Waals surface area contributed by atoms with Crippen molar-refractivity contribution in [2.45, 2.75) is 91.1 Å². The fourth-order valence-electron chi connectivity index (χ4n) is 3.64. The molecule has 1 aliphatic heterocycles. The molecule has 1 saturated heterocycles. The van der Waals surface area contributed by atoms with Gasteiger partial charge < -0.3 is 29.4 Å². The number of hydrogen-bond acceptors (Lipinski definition) is 9. The van der Waals surface area contributed by atoms with Gasteiger partial charge in [0.2, 0.25) is 0 Å². The van der Waals surface area contributed by atoms with Gasteiger partial charge in [0, 0.05) is 18.2 Å². The van der Waals surface area contributed by atoms with Gasteiger partial charge in [0.1, 0.15) is 12.3 Å². The molecular weight excluding hydrogens is 544 g/mol. The minimum atomic E-state index is -5.26. The predicted octanol–water partition coefficient (Wildman–Crippen LogP) is 2.41. The molecular formula is C22H43N3O11P2. The maximum Gasteiger partial charge on any atom is 0.481 e. The zero-order valence-electron chi connectivity index (χ0n) is 22.5. The molecule has 0 aliphatic carbocycles. The molecule has 1 aliphatic rings. The maximum atomic E-state index is 11.8. The van der Waals surface area contributed by atoms with Crippen LogP contribution in [0, 0.1) is 6.92 Å². The van der Waals surface area contributed by atoms with Crippen LogP contribution in [0.3, 0.4) is 0 Å². The summed E-state index contributed by atoms with van der Waals surface area (Å²) in [6, 6.07) is 0. The van der Waals surface area contributed by atoms with Gasteiger partial charge in [-0.25, -0.2) is 13.9 Å². The Morgan fingerprint density at radius 1 is 1.05 bits per heavy atom. The van der Waals surface area contributed by atoms with Crippen molar-refractivity contribution >= 4 is 15.6 Å². The van der Waals surface area contributed by atoms with Crippen molar-refractivity contribution < 1.29 is 42.5 Å². The van der Waals surface area contributed by atoms with E-state index in [0.29, 0.717) is 0 Å². The molecule has 0 spiro atoms. The van der Waals surface area contributed by atoms with Gasteiger partial charge in [-0.3, -0.25) is 18.9 Å². The summed E-state index contributed by atoms with van der Waals surface area (Å²) in [5.41, 5.74) is -1.12. The van der Waals surface area contributed by atoms with Gasteiger partial charge in [0.05, 0.1) is 12.7 Å². The molecule has 0 aromatic carbocycles. The topological polar surface area (TPSA) is 201 Å². The quantitative estimate of drug-likeness (QED) is 0.188. The number of phosphoric ester groups is 1. The summed E-state index contributed by atoms with van der Waals surface area (Å²) in [6.07, 6.45) is 5.87. The number of phosphoric acid groups is 2. The van der Waals surface area contributed by atoms with E-state index in [1.165, 1.54) is 71.3 Å². The van der Waals surface area contributed by atoms with Crippen molar-refractivity contribution in [1.82, 2.24) is 14.5 Å². The second-order valence-corrected chi connectivity index (χ2v) is 12.0. The standard InChI is InChI=1S/C12H27N.C10H16N2O11P2/c1-4-7-10-13(11-8-5-2)12-9-6-3;1-5-3-12(10(15)11-9(5)14)8-2-6(13)7(22-8)4-21-25(19,20)23-24(16,17)18/h4-12H2,1-3H3;3,6-8,13H,2,4H2,1H3,(H,19,20)(H,11,14,15)(H2,16,17,18)/t;6?,7-,8-/m.1/s1. The number of aromatic nitrogens is 2. The van der Waals surface area contributed by atoms with Crippen LogP contribution in [0.5, 0.6) is 0 Å². The number of unbranched alkanes of at least 4 members (excludes halogenated alkanes) is 3. The Labute approximate surface area is 222 Å². The van der Waals surface area contributed by atoms with E-state index in [2.05, 4.69) is 39.5 Å². The molecule has 2 heterocycles. The zero-order valence-corrected chi connectivity index (χ0v) is 24.3. The average Bonchev–Trinajstić information content (AvgIpc) is 3.18. The molecule has 16 heteroatoms. The second-order valence-electron chi connectivity index (χ2n) is 9.15. The number of aliphatic hydroxyl groups excluding tert-OH is 1. The summed E-state index contributed by atoms with van der Waals surface area (Å²) in [5.74, 6) is 0. The number of aromatic amines is 1. The zero-order chi connectivity index (χ0) is 28.9. The lowest BCUT2D eigenvalue weighted by Gasteiger charge is -2.21. The normalized spacial score (nSPS) is 21.2. The largest absolute Gasteiger partial charge is 0.481 e. The summed E-state index contributed by atoms with van der Waals surface area (Å²) >= 11 is 0. The van der Waals surface area contributed by atoms with E-state index in [9.17, 15) is 28.7 Å². The van der Waals surface area contributed by atoms with E-state index < -0.39 is 51.9 Å². The molecule has 1 fully saturated rings. The molecule has 1 aromatic heterocycles. The molecule has 1 aromatic rings. The van der Waals surface area contributed by atoms with Gasteiger partial charge in [0.15, 0.2) is 0 Å². The highest BCUT2D eigenvalue weighted by Gasteiger charge is 2.39. The molecule has 0 saturated carbocycles. The van der Waals surface area contributed by atoms with Gasteiger partial charge >= 0.3 is 21.3 Å². The van der Waals surface area contributed by atoms with Gasteiger partial charge in [-0.1, -0.05) is 40.0 Å². The van der Waals surface area contributed by atoms with Gasteiger partial charge in [-0.2, -0.15) is 4.31 Å². The first-order valence-corrected chi connectivity index (χ1v) is 15.9. The second kappa shape index (κ2) is 16.8. The number of aryl methyl sites for hydroxylation is 1. The van der Waals surface area contributed by atoms with Crippen LogP contribution >= 0.6 is 15.6 Å². The summed E-state index contributed by atoms with van der Waals surface area (Å²) in [7, 11) is -10.3. The van der Waals surface area contributed by atoms with Crippen molar-refractivity contribution in [3.8, 4) is 0 Å². The van der Waals surface area contributed by atoms with Crippen molar-refractivity contribution in [2.24, 2.45) is 0 Å². The number of aliphatic hydroxyl groups is 1. The van der Waals surface area contributed by atoms with Crippen LogP contribution in [0.4, 0.5) is 0 Å². The smallest absolute Gasteiger partial charge is 0.390 e. The van der Waals surface area contributed by atoms with E-state index in [-0.39, 0.29) is 12.0 Å². The first-order valence-electron chi connectivity index (χ1n) is 12.8. The summed E-state index contributed by atoms with van der Waals surface area (Å²) in [6.45, 7) is 11.5. The number of ether oxygens (including phenoxy) is 1. The average molecular weight is 588 g/mol. The van der Waals surface area contributed by atoms with Crippen LogP contribution in [-0.2, 0) is 22.7 Å². The van der Waals surface area contributed by atoms with Gasteiger partial charge in [-0.15, -0.1) is 0 Å². The highest BCUT2D eigenvalue weighted by molar-refractivity contribution is 7.60.